The van der Waals surface area contributed by atoms with Gasteiger partial charge in [0.25, 0.3) is 10.1 Å². The molecule has 0 rings (SSSR count). The average Bonchev–Trinajstić information content (AvgIpc) is 1.84. The van der Waals surface area contributed by atoms with Crippen molar-refractivity contribution >= 4 is 10.1 Å². The minimum absolute atomic E-state index is 0.134. The van der Waals surface area contributed by atoms with Crippen LogP contribution in [0.3, 0.4) is 0 Å². The van der Waals surface area contributed by atoms with Crippen molar-refractivity contribution in [2.45, 2.75) is 25.8 Å². The minimum atomic E-state index is -3.76. The Labute approximate surface area is 74.3 Å². The van der Waals surface area contributed by atoms with Gasteiger partial charge in [-0.3, -0.25) is 4.55 Å². The SMILES string of the molecule is CC(CCCS(=O)(=O)O)N(C)C. The molecule has 0 aliphatic carbocycles. The number of hydrogen-bond acceptors (Lipinski definition) is 3. The van der Waals surface area contributed by atoms with E-state index in [2.05, 4.69) is 0 Å². The van der Waals surface area contributed by atoms with E-state index in [1.165, 1.54) is 0 Å². The highest BCUT2D eigenvalue weighted by molar-refractivity contribution is 7.85. The van der Waals surface area contributed by atoms with Gasteiger partial charge in [0.05, 0.1) is 5.75 Å². The van der Waals surface area contributed by atoms with Gasteiger partial charge in [-0.05, 0) is 33.9 Å². The minimum Gasteiger partial charge on any atom is -0.307 e. The first-order valence-corrected chi connectivity index (χ1v) is 5.55. The van der Waals surface area contributed by atoms with Crippen LogP contribution < -0.4 is 0 Å². The van der Waals surface area contributed by atoms with Crippen LogP contribution >= 0.6 is 0 Å². The van der Waals surface area contributed by atoms with Gasteiger partial charge in [0.1, 0.15) is 0 Å². The molecule has 0 radical (unpaired) electrons. The van der Waals surface area contributed by atoms with E-state index in [9.17, 15) is 8.42 Å². The molecule has 0 aliphatic rings. The summed E-state index contributed by atoms with van der Waals surface area (Å²) in [6.07, 6.45) is 1.30. The maximum atomic E-state index is 10.3. The van der Waals surface area contributed by atoms with Gasteiger partial charge in [-0.2, -0.15) is 8.42 Å². The lowest BCUT2D eigenvalue weighted by molar-refractivity contribution is 0.296. The molecule has 74 valence electrons. The number of nitrogens with zero attached hydrogens (tertiary/aromatic N) is 1. The Hall–Kier alpha value is -0.130. The first-order valence-electron chi connectivity index (χ1n) is 3.94. The second kappa shape index (κ2) is 4.79. The smallest absolute Gasteiger partial charge is 0.264 e. The molecule has 1 unspecified atom stereocenters. The lowest BCUT2D eigenvalue weighted by Gasteiger charge is -2.18. The molecule has 0 amide bonds. The van der Waals surface area contributed by atoms with Crippen LogP contribution in [-0.2, 0) is 10.1 Å². The standard InChI is InChI=1S/C7H17NO3S/c1-7(8(2)3)5-4-6-12(9,10)11/h7H,4-6H2,1-3H3,(H,9,10,11). The topological polar surface area (TPSA) is 57.6 Å². The molecule has 0 aromatic heterocycles. The van der Waals surface area contributed by atoms with Crippen LogP contribution in [0.5, 0.6) is 0 Å². The third kappa shape index (κ3) is 6.57. The van der Waals surface area contributed by atoms with Crippen LogP contribution in [0.15, 0.2) is 0 Å². The molecule has 1 atom stereocenters. The van der Waals surface area contributed by atoms with Crippen molar-refractivity contribution in [1.29, 1.82) is 0 Å². The highest BCUT2D eigenvalue weighted by Crippen LogP contribution is 2.03. The number of rotatable bonds is 5. The van der Waals surface area contributed by atoms with Crippen molar-refractivity contribution in [1.82, 2.24) is 4.90 Å². The van der Waals surface area contributed by atoms with Gasteiger partial charge in [-0.25, -0.2) is 0 Å². The Balaban J connectivity index is 3.58. The largest absolute Gasteiger partial charge is 0.307 e. The molecule has 5 heteroatoms. The lowest BCUT2D eigenvalue weighted by Crippen LogP contribution is -2.25. The van der Waals surface area contributed by atoms with Crippen molar-refractivity contribution in [3.63, 3.8) is 0 Å². The van der Waals surface area contributed by atoms with Gasteiger partial charge in [0.2, 0.25) is 0 Å². The second-order valence-corrected chi connectivity index (χ2v) is 4.81. The molecule has 0 bridgehead atoms. The van der Waals surface area contributed by atoms with Crippen LogP contribution in [0.4, 0.5) is 0 Å². The molecule has 0 saturated carbocycles. The zero-order valence-electron chi connectivity index (χ0n) is 7.82. The fraction of sp³-hybridized carbons (Fsp3) is 1.00. The third-order valence-electron chi connectivity index (χ3n) is 1.91. The Morgan fingerprint density at radius 1 is 1.42 bits per heavy atom. The van der Waals surface area contributed by atoms with E-state index in [4.69, 9.17) is 4.55 Å². The molecule has 1 N–H and O–H groups in total. The summed E-state index contributed by atoms with van der Waals surface area (Å²) in [7, 11) is 0.121. The first-order chi connectivity index (χ1) is 5.33. The zero-order chi connectivity index (χ0) is 9.78. The predicted octanol–water partition coefficient (Wildman–Crippen LogP) is 0.605. The Morgan fingerprint density at radius 3 is 2.25 bits per heavy atom. The predicted molar refractivity (Wildman–Crippen MR) is 48.8 cm³/mol. The summed E-state index contributed by atoms with van der Waals surface area (Å²) in [6, 6.07) is 0.353. The van der Waals surface area contributed by atoms with Gasteiger partial charge in [0.15, 0.2) is 0 Å². The molecule has 0 aromatic carbocycles. The maximum absolute atomic E-state index is 10.3. The van der Waals surface area contributed by atoms with E-state index in [0.717, 1.165) is 6.42 Å². The molecule has 0 aromatic rings. The Kier molecular flexibility index (Phi) is 4.74. The Bertz CT molecular complexity index is 211. The van der Waals surface area contributed by atoms with Gasteiger partial charge in [-0.1, -0.05) is 0 Å². The summed E-state index contributed by atoms with van der Waals surface area (Å²) in [5, 5.41) is 0. The van der Waals surface area contributed by atoms with Crippen molar-refractivity contribution < 1.29 is 13.0 Å². The summed E-state index contributed by atoms with van der Waals surface area (Å²) in [4.78, 5) is 2.02. The molecule has 0 fully saturated rings. The third-order valence-corrected chi connectivity index (χ3v) is 2.71. The van der Waals surface area contributed by atoms with Crippen LogP contribution in [0.25, 0.3) is 0 Å². The van der Waals surface area contributed by atoms with Crippen molar-refractivity contribution in [3.8, 4) is 0 Å². The molecular formula is C7H17NO3S. The molecule has 12 heavy (non-hydrogen) atoms. The highest BCUT2D eigenvalue weighted by atomic mass is 32.2. The van der Waals surface area contributed by atoms with Gasteiger partial charge < -0.3 is 4.90 Å². The average molecular weight is 195 g/mol. The van der Waals surface area contributed by atoms with Crippen LogP contribution in [-0.4, -0.2) is 43.8 Å². The van der Waals surface area contributed by atoms with E-state index >= 15 is 0 Å². The van der Waals surface area contributed by atoms with Crippen LogP contribution in [0.2, 0.25) is 0 Å². The Morgan fingerprint density at radius 2 is 1.92 bits per heavy atom. The summed E-state index contributed by atoms with van der Waals surface area (Å²) >= 11 is 0. The normalized spacial score (nSPS) is 15.1. The van der Waals surface area contributed by atoms with E-state index in [1.54, 1.807) is 0 Å². The zero-order valence-corrected chi connectivity index (χ0v) is 8.63. The summed E-state index contributed by atoms with van der Waals surface area (Å²) in [5.74, 6) is -0.134. The van der Waals surface area contributed by atoms with Gasteiger partial charge in [-0.15, -0.1) is 0 Å². The molecule has 0 aliphatic heterocycles. The van der Waals surface area contributed by atoms with E-state index < -0.39 is 10.1 Å². The van der Waals surface area contributed by atoms with Gasteiger partial charge in [0, 0.05) is 6.04 Å². The van der Waals surface area contributed by atoms with Crippen LogP contribution in [0, 0.1) is 0 Å². The summed E-state index contributed by atoms with van der Waals surface area (Å²) < 4.78 is 29.1. The van der Waals surface area contributed by atoms with Crippen molar-refractivity contribution in [3.05, 3.63) is 0 Å². The molecular weight excluding hydrogens is 178 g/mol. The van der Waals surface area contributed by atoms with Crippen molar-refractivity contribution in [2.24, 2.45) is 0 Å². The maximum Gasteiger partial charge on any atom is 0.264 e. The lowest BCUT2D eigenvalue weighted by atomic mass is 10.2. The van der Waals surface area contributed by atoms with Crippen molar-refractivity contribution in [2.75, 3.05) is 19.8 Å². The van der Waals surface area contributed by atoms with E-state index in [0.29, 0.717) is 12.5 Å². The quantitative estimate of drug-likeness (QED) is 0.653. The van der Waals surface area contributed by atoms with E-state index in [-0.39, 0.29) is 5.75 Å². The van der Waals surface area contributed by atoms with Gasteiger partial charge >= 0.3 is 0 Å². The first kappa shape index (κ1) is 11.9. The monoisotopic (exact) mass is 195 g/mol. The summed E-state index contributed by atoms with van der Waals surface area (Å²) in [6.45, 7) is 2.02. The molecule has 0 heterocycles. The van der Waals surface area contributed by atoms with Crippen LogP contribution in [0.1, 0.15) is 19.8 Å². The molecule has 0 saturated heterocycles. The van der Waals surface area contributed by atoms with E-state index in [1.807, 2.05) is 25.9 Å². The number of hydrogen-bond donors (Lipinski definition) is 1. The molecule has 0 spiro atoms. The fourth-order valence-corrected chi connectivity index (χ4v) is 1.35. The fourth-order valence-electron chi connectivity index (χ4n) is 0.819. The molecule has 4 nitrogen and oxygen atoms in total. The summed E-state index contributed by atoms with van der Waals surface area (Å²) in [5.41, 5.74) is 0. The highest BCUT2D eigenvalue weighted by Gasteiger charge is 2.08. The second-order valence-electron chi connectivity index (χ2n) is 3.24.